The fourth-order valence-corrected chi connectivity index (χ4v) is 1.39. The topological polar surface area (TPSA) is 50.9 Å². The zero-order valence-corrected chi connectivity index (χ0v) is 8.10. The number of phenols is 1. The average molecular weight is 189 g/mol. The van der Waals surface area contributed by atoms with Crippen molar-refractivity contribution in [3.63, 3.8) is 0 Å². The van der Waals surface area contributed by atoms with Crippen LogP contribution in [0.15, 0.2) is 24.3 Å². The molecule has 0 saturated carbocycles. The molecule has 0 aliphatic rings. The van der Waals surface area contributed by atoms with E-state index in [-0.39, 0.29) is 5.75 Å². The monoisotopic (exact) mass is 189 g/mol. The Morgan fingerprint density at radius 2 is 2.07 bits per heavy atom. The molecule has 0 spiro atoms. The molecule has 0 amide bonds. The van der Waals surface area contributed by atoms with E-state index in [4.69, 9.17) is 0 Å². The van der Waals surface area contributed by atoms with E-state index in [9.17, 15) is 5.11 Å². The number of phenolic OH excluding ortho intramolecular Hbond substituents is 1. The van der Waals surface area contributed by atoms with Gasteiger partial charge >= 0.3 is 0 Å². The van der Waals surface area contributed by atoms with Gasteiger partial charge in [-0.05, 0) is 26.0 Å². The molecular formula is C10H11N3O. The first-order valence-electron chi connectivity index (χ1n) is 4.36. The highest BCUT2D eigenvalue weighted by molar-refractivity contribution is 5.38. The largest absolute Gasteiger partial charge is 0.508 e. The van der Waals surface area contributed by atoms with Gasteiger partial charge in [0, 0.05) is 6.07 Å². The number of rotatable bonds is 1. The molecule has 14 heavy (non-hydrogen) atoms. The van der Waals surface area contributed by atoms with E-state index < -0.39 is 0 Å². The van der Waals surface area contributed by atoms with Crippen molar-refractivity contribution < 1.29 is 5.11 Å². The van der Waals surface area contributed by atoms with Gasteiger partial charge in [-0.25, -0.2) is 9.67 Å². The highest BCUT2D eigenvalue weighted by atomic mass is 16.3. The van der Waals surface area contributed by atoms with Gasteiger partial charge in [0.05, 0.1) is 5.69 Å². The molecule has 2 aromatic rings. The maximum Gasteiger partial charge on any atom is 0.148 e. The summed E-state index contributed by atoms with van der Waals surface area (Å²) in [6, 6.07) is 6.94. The van der Waals surface area contributed by atoms with Crippen LogP contribution < -0.4 is 0 Å². The molecular weight excluding hydrogens is 178 g/mol. The summed E-state index contributed by atoms with van der Waals surface area (Å²) in [5.74, 6) is 1.77. The predicted molar refractivity (Wildman–Crippen MR) is 52.5 cm³/mol. The van der Waals surface area contributed by atoms with Crippen molar-refractivity contribution in [1.82, 2.24) is 14.8 Å². The van der Waals surface area contributed by atoms with Gasteiger partial charge in [-0.1, -0.05) is 6.07 Å². The van der Waals surface area contributed by atoms with Crippen molar-refractivity contribution in [2.75, 3.05) is 0 Å². The van der Waals surface area contributed by atoms with Crippen molar-refractivity contribution in [2.45, 2.75) is 13.8 Å². The molecule has 0 saturated heterocycles. The molecule has 1 N–H and O–H groups in total. The maximum atomic E-state index is 9.31. The van der Waals surface area contributed by atoms with E-state index in [0.29, 0.717) is 0 Å². The van der Waals surface area contributed by atoms with Gasteiger partial charge in [0.1, 0.15) is 17.4 Å². The van der Waals surface area contributed by atoms with E-state index in [1.54, 1.807) is 22.9 Å². The lowest BCUT2D eigenvalue weighted by Gasteiger charge is -2.02. The maximum absolute atomic E-state index is 9.31. The van der Waals surface area contributed by atoms with Crippen molar-refractivity contribution >= 4 is 0 Å². The van der Waals surface area contributed by atoms with Crippen molar-refractivity contribution in [1.29, 1.82) is 0 Å². The molecule has 0 fully saturated rings. The highest BCUT2D eigenvalue weighted by Crippen LogP contribution is 2.15. The molecule has 0 aliphatic carbocycles. The first kappa shape index (κ1) is 8.74. The third-order valence-corrected chi connectivity index (χ3v) is 1.95. The quantitative estimate of drug-likeness (QED) is 0.741. The average Bonchev–Trinajstić information content (AvgIpc) is 2.45. The highest BCUT2D eigenvalue weighted by Gasteiger charge is 2.04. The molecule has 0 radical (unpaired) electrons. The van der Waals surface area contributed by atoms with Crippen LogP contribution in [0.25, 0.3) is 5.69 Å². The lowest BCUT2D eigenvalue weighted by Crippen LogP contribution is -1.98. The molecule has 1 aromatic heterocycles. The third kappa shape index (κ3) is 1.46. The lowest BCUT2D eigenvalue weighted by atomic mass is 10.3. The minimum absolute atomic E-state index is 0.232. The second kappa shape index (κ2) is 3.14. The predicted octanol–water partition coefficient (Wildman–Crippen LogP) is 1.59. The first-order chi connectivity index (χ1) is 6.66. The summed E-state index contributed by atoms with van der Waals surface area (Å²) in [5, 5.41) is 13.5. The Bertz CT molecular complexity index is 462. The summed E-state index contributed by atoms with van der Waals surface area (Å²) in [6.07, 6.45) is 0. The molecule has 2 rings (SSSR count). The fraction of sp³-hybridized carbons (Fsp3) is 0.200. The summed E-state index contributed by atoms with van der Waals surface area (Å²) in [5.41, 5.74) is 0.822. The second-order valence-corrected chi connectivity index (χ2v) is 3.14. The van der Waals surface area contributed by atoms with E-state index in [1.807, 2.05) is 19.9 Å². The van der Waals surface area contributed by atoms with Crippen LogP contribution in [0.3, 0.4) is 0 Å². The van der Waals surface area contributed by atoms with Crippen molar-refractivity contribution in [3.05, 3.63) is 35.9 Å². The number of benzene rings is 1. The van der Waals surface area contributed by atoms with Gasteiger partial charge in [0.15, 0.2) is 0 Å². The summed E-state index contributed by atoms with van der Waals surface area (Å²) >= 11 is 0. The normalized spacial score (nSPS) is 10.4. The Balaban J connectivity index is 2.54. The van der Waals surface area contributed by atoms with Gasteiger partial charge < -0.3 is 5.11 Å². The molecule has 72 valence electrons. The molecule has 0 bridgehead atoms. The van der Waals surface area contributed by atoms with Crippen LogP contribution in [-0.2, 0) is 0 Å². The van der Waals surface area contributed by atoms with Crippen molar-refractivity contribution in [3.8, 4) is 11.4 Å². The Labute approximate surface area is 81.8 Å². The lowest BCUT2D eigenvalue weighted by molar-refractivity contribution is 0.474. The van der Waals surface area contributed by atoms with Gasteiger partial charge in [0.2, 0.25) is 0 Å². The van der Waals surface area contributed by atoms with Crippen LogP contribution in [0.5, 0.6) is 5.75 Å². The van der Waals surface area contributed by atoms with Gasteiger partial charge in [0.25, 0.3) is 0 Å². The van der Waals surface area contributed by atoms with Gasteiger partial charge in [-0.15, -0.1) is 0 Å². The molecule has 1 heterocycles. The van der Waals surface area contributed by atoms with E-state index >= 15 is 0 Å². The van der Waals surface area contributed by atoms with E-state index in [1.165, 1.54) is 0 Å². The minimum Gasteiger partial charge on any atom is -0.508 e. The summed E-state index contributed by atoms with van der Waals surface area (Å²) < 4.78 is 1.70. The van der Waals surface area contributed by atoms with Crippen LogP contribution in [-0.4, -0.2) is 19.9 Å². The molecule has 4 nitrogen and oxygen atoms in total. The number of hydrogen-bond donors (Lipinski definition) is 1. The fourth-order valence-electron chi connectivity index (χ4n) is 1.39. The Morgan fingerprint density at radius 1 is 1.29 bits per heavy atom. The Morgan fingerprint density at radius 3 is 2.64 bits per heavy atom. The second-order valence-electron chi connectivity index (χ2n) is 3.14. The van der Waals surface area contributed by atoms with Crippen LogP contribution in [0, 0.1) is 13.8 Å². The smallest absolute Gasteiger partial charge is 0.148 e. The standard InChI is InChI=1S/C10H11N3O/c1-7-11-8(2)13(12-7)9-4-3-5-10(14)6-9/h3-6,14H,1-2H3. The van der Waals surface area contributed by atoms with Crippen molar-refractivity contribution in [2.24, 2.45) is 0 Å². The Hall–Kier alpha value is -1.84. The molecule has 0 unspecified atom stereocenters. The molecule has 1 aromatic carbocycles. The molecule has 0 atom stereocenters. The number of nitrogens with zero attached hydrogens (tertiary/aromatic N) is 3. The number of aromatic hydroxyl groups is 1. The zero-order valence-electron chi connectivity index (χ0n) is 8.10. The number of aromatic nitrogens is 3. The minimum atomic E-state index is 0.232. The van der Waals surface area contributed by atoms with Crippen LogP contribution in [0.4, 0.5) is 0 Å². The van der Waals surface area contributed by atoms with Crippen LogP contribution in [0.2, 0.25) is 0 Å². The number of aryl methyl sites for hydroxylation is 2. The zero-order chi connectivity index (χ0) is 10.1. The van der Waals surface area contributed by atoms with Gasteiger partial charge in [-0.2, -0.15) is 5.10 Å². The molecule has 0 aliphatic heterocycles. The SMILES string of the molecule is Cc1nc(C)n(-c2cccc(O)c2)n1. The summed E-state index contributed by atoms with van der Waals surface area (Å²) in [7, 11) is 0. The number of hydrogen-bond acceptors (Lipinski definition) is 3. The van der Waals surface area contributed by atoms with E-state index in [0.717, 1.165) is 17.3 Å². The summed E-state index contributed by atoms with van der Waals surface area (Å²) in [4.78, 5) is 4.19. The van der Waals surface area contributed by atoms with Crippen LogP contribution in [0.1, 0.15) is 11.6 Å². The Kier molecular flexibility index (Phi) is 1.96. The molecule has 4 heteroatoms. The van der Waals surface area contributed by atoms with Crippen LogP contribution >= 0.6 is 0 Å². The van der Waals surface area contributed by atoms with Gasteiger partial charge in [-0.3, -0.25) is 0 Å². The third-order valence-electron chi connectivity index (χ3n) is 1.95. The first-order valence-corrected chi connectivity index (χ1v) is 4.36. The van der Waals surface area contributed by atoms with E-state index in [2.05, 4.69) is 10.1 Å². The summed E-state index contributed by atoms with van der Waals surface area (Å²) in [6.45, 7) is 3.72.